The molecule has 1 aromatic carbocycles. The highest BCUT2D eigenvalue weighted by molar-refractivity contribution is 5.84. The number of likely N-dealkylation sites (tertiary alicyclic amines) is 1. The molecule has 2 N–H and O–H groups in total. The Morgan fingerprint density at radius 2 is 1.44 bits per heavy atom. The number of aliphatic carboxylic acids is 1. The summed E-state index contributed by atoms with van der Waals surface area (Å²) >= 11 is 0. The van der Waals surface area contributed by atoms with Crippen LogP contribution in [0.4, 0.5) is 0 Å². The lowest BCUT2D eigenvalue weighted by Crippen LogP contribution is -2.95. The molecule has 36 heavy (non-hydrogen) atoms. The first-order valence-corrected chi connectivity index (χ1v) is 15.0. The molecule has 0 unspecified atom stereocenters. The summed E-state index contributed by atoms with van der Waals surface area (Å²) in [6.45, 7) is 0. The third kappa shape index (κ3) is 7.81. The first-order chi connectivity index (χ1) is 17.6. The number of carbonyl (C=O) groups excluding carboxylic acids is 2. The molecule has 0 spiro atoms. The van der Waals surface area contributed by atoms with Gasteiger partial charge in [0.1, 0.15) is 0 Å². The van der Waals surface area contributed by atoms with Crippen LogP contribution in [0.15, 0.2) is 30.3 Å². The maximum Gasteiger partial charge on any atom is 0.223 e. The van der Waals surface area contributed by atoms with Crippen LogP contribution in [0.3, 0.4) is 0 Å². The summed E-state index contributed by atoms with van der Waals surface area (Å²) in [4.78, 5) is 25.6. The molecule has 4 fully saturated rings. The molecule has 1 saturated heterocycles. The molecule has 3 atom stereocenters. The Bertz CT molecular complexity index is 785. The lowest BCUT2D eigenvalue weighted by atomic mass is 9.91. The average molecular weight is 497 g/mol. The lowest BCUT2D eigenvalue weighted by molar-refractivity contribution is -0.725. The van der Waals surface area contributed by atoms with E-state index in [1.807, 2.05) is 18.2 Å². The number of unbranched alkanes of at least 4 members (excludes halogenated alkanes) is 1. The van der Waals surface area contributed by atoms with Crippen molar-refractivity contribution in [1.29, 1.82) is 0 Å². The zero-order valence-corrected chi connectivity index (χ0v) is 22.3. The van der Waals surface area contributed by atoms with Crippen LogP contribution >= 0.6 is 0 Å². The lowest BCUT2D eigenvalue weighted by Gasteiger charge is -2.30. The number of fused-ring (bicyclic) bond motifs is 1. The fourth-order valence-corrected chi connectivity index (χ4v) is 7.28. The molecule has 3 saturated carbocycles. The number of aryl methyl sites for hydroxylation is 1. The maximum absolute atomic E-state index is 12.5. The van der Waals surface area contributed by atoms with Crippen molar-refractivity contribution in [3.8, 4) is 0 Å². The molecule has 200 valence electrons. The van der Waals surface area contributed by atoms with Crippen molar-refractivity contribution in [2.75, 3.05) is 0 Å². The Labute approximate surface area is 218 Å². The summed E-state index contributed by atoms with van der Waals surface area (Å²) < 4.78 is 0. The summed E-state index contributed by atoms with van der Waals surface area (Å²) in [5.41, 5.74) is 1.28. The maximum atomic E-state index is 12.5. The molecule has 0 aromatic heterocycles. The van der Waals surface area contributed by atoms with E-state index >= 15 is 0 Å². The minimum atomic E-state index is -1.09. The standard InChI is InChI=1S/C19H25NO3.C12H23N/c21-18(12-5-4-9-14-7-2-1-3-8-14)20-16-11-6-10-15(16)13-17(20)19(22)23;1-3-7-11(8-4-1)13-12-9-5-2-6-10-12/h1-3,7-8,15-17H,4-6,9-13H2,(H,22,23);11-13H,1-10H2/t15-,16-,17-;/m0./s1. The van der Waals surface area contributed by atoms with Crippen LogP contribution in [0.2, 0.25) is 0 Å². The van der Waals surface area contributed by atoms with Crippen LogP contribution < -0.4 is 10.4 Å². The van der Waals surface area contributed by atoms with E-state index in [0.29, 0.717) is 18.8 Å². The van der Waals surface area contributed by atoms with Gasteiger partial charge < -0.3 is 20.1 Å². The van der Waals surface area contributed by atoms with E-state index < -0.39 is 12.0 Å². The second kappa shape index (κ2) is 14.2. The van der Waals surface area contributed by atoms with E-state index in [1.54, 1.807) is 4.90 Å². The molecule has 0 bridgehead atoms. The van der Waals surface area contributed by atoms with Gasteiger partial charge in [0.2, 0.25) is 5.91 Å². The summed E-state index contributed by atoms with van der Waals surface area (Å²) in [6, 6.07) is 11.7. The molecule has 0 radical (unpaired) electrons. The Morgan fingerprint density at radius 1 is 0.806 bits per heavy atom. The molecule has 5 nitrogen and oxygen atoms in total. The number of carbonyl (C=O) groups is 2. The van der Waals surface area contributed by atoms with Crippen molar-refractivity contribution in [3.05, 3.63) is 35.9 Å². The van der Waals surface area contributed by atoms with E-state index in [9.17, 15) is 14.7 Å². The first kappa shape index (κ1) is 27.2. The molecule has 3 aliphatic carbocycles. The molecular formula is C31H48N2O3. The Kier molecular flexibility index (Phi) is 10.7. The third-order valence-electron chi connectivity index (χ3n) is 9.19. The Morgan fingerprint density at radius 3 is 2.06 bits per heavy atom. The number of nitrogens with zero attached hydrogens (tertiary/aromatic N) is 1. The van der Waals surface area contributed by atoms with Crippen molar-refractivity contribution in [1.82, 2.24) is 4.90 Å². The predicted octanol–water partition coefficient (Wildman–Crippen LogP) is 4.13. The largest absolute Gasteiger partial charge is 0.548 e. The van der Waals surface area contributed by atoms with Crippen LogP contribution in [-0.2, 0) is 16.0 Å². The van der Waals surface area contributed by atoms with Gasteiger partial charge in [0, 0.05) is 12.5 Å². The van der Waals surface area contributed by atoms with E-state index in [1.165, 1.54) is 69.8 Å². The van der Waals surface area contributed by atoms with Gasteiger partial charge in [0.15, 0.2) is 0 Å². The first-order valence-electron chi connectivity index (χ1n) is 15.0. The monoisotopic (exact) mass is 496 g/mol. The van der Waals surface area contributed by atoms with Crippen LogP contribution in [0.25, 0.3) is 0 Å². The molecular weight excluding hydrogens is 448 g/mol. The van der Waals surface area contributed by atoms with Gasteiger partial charge in [-0.2, -0.15) is 0 Å². The molecule has 1 aliphatic heterocycles. The number of hydrogen-bond acceptors (Lipinski definition) is 3. The van der Waals surface area contributed by atoms with Gasteiger partial charge >= 0.3 is 0 Å². The average Bonchev–Trinajstić information content (AvgIpc) is 3.51. The molecule has 1 aromatic rings. The predicted molar refractivity (Wildman–Crippen MR) is 141 cm³/mol. The summed E-state index contributed by atoms with van der Waals surface area (Å²) in [7, 11) is 0. The number of hydrogen-bond donors (Lipinski definition) is 1. The second-order valence-electron chi connectivity index (χ2n) is 11.8. The molecule has 5 heteroatoms. The van der Waals surface area contributed by atoms with Gasteiger partial charge in [-0.15, -0.1) is 0 Å². The van der Waals surface area contributed by atoms with E-state index in [0.717, 1.165) is 50.6 Å². The summed E-state index contributed by atoms with van der Waals surface area (Å²) in [5.74, 6) is -0.718. The van der Waals surface area contributed by atoms with Crippen molar-refractivity contribution >= 4 is 11.9 Å². The summed E-state index contributed by atoms with van der Waals surface area (Å²) in [5, 5.41) is 14.1. The number of carboxylic acids is 1. The van der Waals surface area contributed by atoms with Crippen molar-refractivity contribution in [2.24, 2.45) is 5.92 Å². The second-order valence-corrected chi connectivity index (χ2v) is 11.8. The zero-order chi connectivity index (χ0) is 25.2. The molecule has 1 heterocycles. The SMILES string of the molecule is C1CCC([NH2+]C2CCCCC2)CC1.O=C([O-])[C@@H]1C[C@@H]2CCC[C@@H]2N1C(=O)CCCCc1ccccc1. The Balaban J connectivity index is 0.000000197. The quantitative estimate of drug-likeness (QED) is 0.550. The van der Waals surface area contributed by atoms with E-state index in [2.05, 4.69) is 17.4 Å². The minimum absolute atomic E-state index is 0.00154. The van der Waals surface area contributed by atoms with Crippen LogP contribution in [0.5, 0.6) is 0 Å². The number of nitrogens with two attached hydrogens (primary N) is 1. The fourth-order valence-electron chi connectivity index (χ4n) is 7.28. The van der Waals surface area contributed by atoms with Gasteiger partial charge in [-0.25, -0.2) is 0 Å². The third-order valence-corrected chi connectivity index (χ3v) is 9.19. The van der Waals surface area contributed by atoms with Gasteiger partial charge in [-0.1, -0.05) is 49.6 Å². The highest BCUT2D eigenvalue weighted by atomic mass is 16.4. The number of amides is 1. The zero-order valence-electron chi connectivity index (χ0n) is 22.3. The van der Waals surface area contributed by atoms with Crippen LogP contribution in [-0.4, -0.2) is 40.9 Å². The van der Waals surface area contributed by atoms with Crippen molar-refractivity contribution in [2.45, 2.75) is 140 Å². The molecule has 4 aliphatic rings. The highest BCUT2D eigenvalue weighted by Gasteiger charge is 2.45. The van der Waals surface area contributed by atoms with Gasteiger partial charge in [-0.3, -0.25) is 4.79 Å². The van der Waals surface area contributed by atoms with Crippen LogP contribution in [0.1, 0.15) is 115 Å². The van der Waals surface area contributed by atoms with E-state index in [-0.39, 0.29) is 11.9 Å². The molecule has 5 rings (SSSR count). The number of quaternary nitrogens is 1. The van der Waals surface area contributed by atoms with Crippen LogP contribution in [0, 0.1) is 5.92 Å². The number of benzene rings is 1. The number of rotatable bonds is 8. The number of carboxylic acid groups (broad SMARTS) is 1. The van der Waals surface area contributed by atoms with Gasteiger partial charge in [0.25, 0.3) is 0 Å². The van der Waals surface area contributed by atoms with Crippen molar-refractivity contribution in [3.63, 3.8) is 0 Å². The van der Waals surface area contributed by atoms with Gasteiger partial charge in [-0.05, 0) is 101 Å². The minimum Gasteiger partial charge on any atom is -0.548 e. The molecule has 1 amide bonds. The summed E-state index contributed by atoms with van der Waals surface area (Å²) in [6.07, 6.45) is 21.8. The smallest absolute Gasteiger partial charge is 0.223 e. The van der Waals surface area contributed by atoms with E-state index in [4.69, 9.17) is 0 Å². The topological polar surface area (TPSA) is 77.0 Å². The highest BCUT2D eigenvalue weighted by Crippen LogP contribution is 2.41. The normalized spacial score (nSPS) is 26.8. The van der Waals surface area contributed by atoms with Crippen molar-refractivity contribution < 1.29 is 20.0 Å². The Hall–Kier alpha value is -1.88. The van der Waals surface area contributed by atoms with Gasteiger partial charge in [0.05, 0.1) is 24.1 Å². The fraction of sp³-hybridized carbons (Fsp3) is 0.742.